The Kier molecular flexibility index (Phi) is 8.26. The monoisotopic (exact) mass is 659 g/mol. The highest BCUT2D eigenvalue weighted by Crippen LogP contribution is 2.30. The number of carbonyl (C=O) groups excluding carboxylic acids is 1. The van der Waals surface area contributed by atoms with Gasteiger partial charge in [0.25, 0.3) is 0 Å². The second-order valence-electron chi connectivity index (χ2n) is 4.46. The molecular weight excluding hydrogens is 647 g/mol. The summed E-state index contributed by atoms with van der Waals surface area (Å²) in [5.74, 6) is -3.13. The first-order chi connectivity index (χ1) is 10.6. The van der Waals surface area contributed by atoms with Crippen LogP contribution in [0.4, 0.5) is 5.69 Å². The third-order valence-electron chi connectivity index (χ3n) is 2.79. The lowest BCUT2D eigenvalue weighted by atomic mass is 10.1. The third-order valence-corrected chi connectivity index (χ3v) is 5.66. The van der Waals surface area contributed by atoms with E-state index in [1.807, 2.05) is 67.8 Å². The van der Waals surface area contributed by atoms with Crippen LogP contribution in [0.1, 0.15) is 29.6 Å². The van der Waals surface area contributed by atoms with Crippen molar-refractivity contribution in [3.05, 3.63) is 22.3 Å². The third kappa shape index (κ3) is 5.88. The summed E-state index contributed by atoms with van der Waals surface area (Å²) >= 11 is 5.91. The second kappa shape index (κ2) is 9.19. The van der Waals surface area contributed by atoms with E-state index in [1.54, 1.807) is 6.07 Å². The number of anilines is 1. The standard InChI is InChI=1S/C13H12I3NO6/c14-5-4-6(15)11(17)10(16)9(5)13(22)23-7(12(20)21)2-1-3-8(18)19/h4,7H,1-3,17H2,(H,18,19)(H,20,21). The lowest BCUT2D eigenvalue weighted by molar-refractivity contribution is -0.148. The fourth-order valence-corrected chi connectivity index (χ4v) is 5.46. The molecule has 0 spiro atoms. The number of carboxylic acids is 2. The molecule has 0 fully saturated rings. The summed E-state index contributed by atoms with van der Waals surface area (Å²) in [5, 5.41) is 17.7. The summed E-state index contributed by atoms with van der Waals surface area (Å²) in [5.41, 5.74) is 6.53. The van der Waals surface area contributed by atoms with Gasteiger partial charge >= 0.3 is 17.9 Å². The Morgan fingerprint density at radius 2 is 1.78 bits per heavy atom. The number of hydrogen-bond acceptors (Lipinski definition) is 5. The van der Waals surface area contributed by atoms with Gasteiger partial charge in [0.05, 0.1) is 14.8 Å². The minimum absolute atomic E-state index is 0.0691. The summed E-state index contributed by atoms with van der Waals surface area (Å²) in [6.07, 6.45) is -1.55. The van der Waals surface area contributed by atoms with Crippen LogP contribution in [0.25, 0.3) is 0 Å². The molecule has 1 rings (SSSR count). The van der Waals surface area contributed by atoms with Gasteiger partial charge in [-0.3, -0.25) is 4.79 Å². The number of nitrogens with two attached hydrogens (primary N) is 1. The Hall–Kier alpha value is -0.380. The van der Waals surface area contributed by atoms with Crippen LogP contribution in [0.3, 0.4) is 0 Å². The number of halogens is 3. The van der Waals surface area contributed by atoms with E-state index in [9.17, 15) is 14.4 Å². The summed E-state index contributed by atoms with van der Waals surface area (Å²) in [6.45, 7) is 0. The SMILES string of the molecule is Nc1c(I)cc(I)c(C(=O)OC(CCCC(=O)O)C(=O)O)c1I. The quantitative estimate of drug-likeness (QED) is 0.234. The van der Waals surface area contributed by atoms with Crippen LogP contribution in [-0.2, 0) is 14.3 Å². The van der Waals surface area contributed by atoms with Crippen molar-refractivity contribution in [3.8, 4) is 0 Å². The Labute approximate surface area is 172 Å². The number of aliphatic carboxylic acids is 2. The van der Waals surface area contributed by atoms with E-state index >= 15 is 0 Å². The molecule has 1 atom stereocenters. The summed E-state index contributed by atoms with van der Waals surface area (Å²) < 4.78 is 6.92. The Morgan fingerprint density at radius 1 is 1.17 bits per heavy atom. The van der Waals surface area contributed by atoms with E-state index in [0.29, 0.717) is 12.8 Å². The average Bonchev–Trinajstić information content (AvgIpc) is 2.43. The molecule has 0 aromatic heterocycles. The topological polar surface area (TPSA) is 127 Å². The van der Waals surface area contributed by atoms with Gasteiger partial charge in [0.1, 0.15) is 0 Å². The van der Waals surface area contributed by atoms with Crippen LogP contribution in [0.5, 0.6) is 0 Å². The maximum atomic E-state index is 12.3. The van der Waals surface area contributed by atoms with Crippen molar-refractivity contribution in [1.29, 1.82) is 0 Å². The molecule has 10 heteroatoms. The number of benzene rings is 1. The molecule has 0 saturated heterocycles. The molecule has 0 amide bonds. The van der Waals surface area contributed by atoms with E-state index in [4.69, 9.17) is 20.7 Å². The van der Waals surface area contributed by atoms with Gasteiger partial charge in [0.2, 0.25) is 0 Å². The first kappa shape index (κ1) is 20.7. The van der Waals surface area contributed by atoms with E-state index in [0.717, 1.165) is 3.57 Å². The summed E-state index contributed by atoms with van der Waals surface area (Å²) in [6, 6.07) is 1.70. The number of nitrogen functional groups attached to an aromatic ring is 1. The number of ether oxygens (including phenoxy) is 1. The molecule has 126 valence electrons. The van der Waals surface area contributed by atoms with Gasteiger partial charge in [-0.25, -0.2) is 9.59 Å². The Balaban J connectivity index is 2.94. The molecule has 7 nitrogen and oxygen atoms in total. The van der Waals surface area contributed by atoms with Crippen LogP contribution in [-0.4, -0.2) is 34.2 Å². The van der Waals surface area contributed by atoms with Gasteiger partial charge in [0.15, 0.2) is 6.10 Å². The number of esters is 1. The van der Waals surface area contributed by atoms with Gasteiger partial charge in [-0.05, 0) is 86.7 Å². The molecule has 4 N–H and O–H groups in total. The van der Waals surface area contributed by atoms with Gasteiger partial charge < -0.3 is 20.7 Å². The van der Waals surface area contributed by atoms with Crippen molar-refractivity contribution < 1.29 is 29.3 Å². The van der Waals surface area contributed by atoms with Crippen LogP contribution >= 0.6 is 67.8 Å². The van der Waals surface area contributed by atoms with Crippen molar-refractivity contribution in [3.63, 3.8) is 0 Å². The van der Waals surface area contributed by atoms with Gasteiger partial charge in [-0.1, -0.05) is 0 Å². The van der Waals surface area contributed by atoms with Crippen LogP contribution < -0.4 is 5.73 Å². The maximum absolute atomic E-state index is 12.3. The predicted octanol–water partition coefficient (Wildman–Crippen LogP) is 2.95. The smallest absolute Gasteiger partial charge is 0.345 e. The molecule has 23 heavy (non-hydrogen) atoms. The highest BCUT2D eigenvalue weighted by Gasteiger charge is 2.26. The van der Waals surface area contributed by atoms with E-state index in [1.165, 1.54) is 0 Å². The van der Waals surface area contributed by atoms with Crippen molar-refractivity contribution in [2.75, 3.05) is 5.73 Å². The van der Waals surface area contributed by atoms with Crippen molar-refractivity contribution in [1.82, 2.24) is 0 Å². The molecule has 0 bridgehead atoms. The largest absolute Gasteiger partial charge is 0.481 e. The highest BCUT2D eigenvalue weighted by atomic mass is 127. The molecule has 1 aromatic carbocycles. The molecule has 1 unspecified atom stereocenters. The van der Waals surface area contributed by atoms with Crippen molar-refractivity contribution >= 4 is 91.4 Å². The minimum atomic E-state index is -1.39. The number of carbonyl (C=O) groups is 3. The minimum Gasteiger partial charge on any atom is -0.481 e. The Morgan fingerprint density at radius 3 is 2.30 bits per heavy atom. The Bertz CT molecular complexity index is 649. The second-order valence-corrected chi connectivity index (χ2v) is 7.86. The number of rotatable bonds is 7. The summed E-state index contributed by atoms with van der Waals surface area (Å²) in [7, 11) is 0. The molecule has 0 aliphatic heterocycles. The normalized spacial score (nSPS) is 11.8. The van der Waals surface area contributed by atoms with Crippen LogP contribution in [0.15, 0.2) is 6.07 Å². The molecule has 0 heterocycles. The van der Waals surface area contributed by atoms with Crippen LogP contribution in [0.2, 0.25) is 0 Å². The first-order valence-corrected chi connectivity index (χ1v) is 9.47. The molecule has 0 aliphatic rings. The van der Waals surface area contributed by atoms with Gasteiger partial charge in [-0.2, -0.15) is 0 Å². The van der Waals surface area contributed by atoms with Crippen LogP contribution in [0, 0.1) is 10.7 Å². The molecule has 0 radical (unpaired) electrons. The van der Waals surface area contributed by atoms with Crippen molar-refractivity contribution in [2.24, 2.45) is 0 Å². The lowest BCUT2D eigenvalue weighted by Gasteiger charge is -2.16. The van der Waals surface area contributed by atoms with Crippen molar-refractivity contribution in [2.45, 2.75) is 25.4 Å². The highest BCUT2D eigenvalue weighted by molar-refractivity contribution is 14.1. The fourth-order valence-electron chi connectivity index (χ4n) is 1.65. The molecule has 0 aliphatic carbocycles. The molecule has 0 saturated carbocycles. The van der Waals surface area contributed by atoms with Gasteiger partial charge in [0, 0.05) is 13.6 Å². The predicted molar refractivity (Wildman–Crippen MR) is 107 cm³/mol. The van der Waals surface area contributed by atoms with Gasteiger partial charge in [-0.15, -0.1) is 0 Å². The lowest BCUT2D eigenvalue weighted by Crippen LogP contribution is -2.28. The van der Waals surface area contributed by atoms with E-state index < -0.39 is 24.0 Å². The number of carboxylic acid groups (broad SMARTS) is 2. The van der Waals surface area contributed by atoms with E-state index in [2.05, 4.69) is 0 Å². The average molecular weight is 659 g/mol. The zero-order chi connectivity index (χ0) is 17.7. The summed E-state index contributed by atoms with van der Waals surface area (Å²) in [4.78, 5) is 34.0. The zero-order valence-electron chi connectivity index (χ0n) is 11.5. The van der Waals surface area contributed by atoms with E-state index in [-0.39, 0.29) is 24.8 Å². The number of hydrogen-bond donors (Lipinski definition) is 3. The maximum Gasteiger partial charge on any atom is 0.345 e. The molecular formula is C13H12I3NO6. The zero-order valence-corrected chi connectivity index (χ0v) is 18.0. The fraction of sp³-hybridized carbons (Fsp3) is 0.308. The first-order valence-electron chi connectivity index (χ1n) is 6.23. The molecule has 1 aromatic rings.